The molecule has 0 spiro atoms. The van der Waals surface area contributed by atoms with Crippen LogP contribution < -0.4 is 47.9 Å². The van der Waals surface area contributed by atoms with Crippen LogP contribution in [-0.4, -0.2) is 153 Å². The molecule has 6 aromatic carbocycles. The summed E-state index contributed by atoms with van der Waals surface area (Å²) in [6.07, 6.45) is 9.56. The number of piperazine rings is 2. The zero-order valence-electron chi connectivity index (χ0n) is 67.2. The summed E-state index contributed by atoms with van der Waals surface area (Å²) >= 11 is 0. The van der Waals surface area contributed by atoms with E-state index in [-0.39, 0.29) is 48.8 Å². The van der Waals surface area contributed by atoms with Gasteiger partial charge < -0.3 is 57.3 Å². The molecule has 0 radical (unpaired) electrons. The molecule has 0 saturated carbocycles. The number of carbonyl (C=O) groups is 5. The quantitative estimate of drug-likeness (QED) is 0.0241. The van der Waals surface area contributed by atoms with Crippen LogP contribution in [0.3, 0.4) is 0 Å². The molecule has 4 aromatic heterocycles. The zero-order chi connectivity index (χ0) is 79.5. The van der Waals surface area contributed by atoms with Gasteiger partial charge in [-0.05, 0) is 205 Å². The molecule has 4 fully saturated rings. The lowest BCUT2D eigenvalue weighted by Crippen LogP contribution is -2.53. The van der Waals surface area contributed by atoms with E-state index in [9.17, 15) is 24.0 Å². The van der Waals surface area contributed by atoms with Gasteiger partial charge in [-0.2, -0.15) is 10.2 Å². The van der Waals surface area contributed by atoms with E-state index in [1.165, 1.54) is 5.56 Å². The molecular weight excluding hydrogens is 1420 g/mol. The predicted molar refractivity (Wildman–Crippen MR) is 449 cm³/mol. The summed E-state index contributed by atoms with van der Waals surface area (Å²) in [6, 6.07) is 45.1. The maximum Gasteiger partial charge on any atom is 0.251 e. The van der Waals surface area contributed by atoms with Gasteiger partial charge in [-0.1, -0.05) is 86.6 Å². The van der Waals surface area contributed by atoms with Gasteiger partial charge in [0.2, 0.25) is 0 Å². The third-order valence-electron chi connectivity index (χ3n) is 21.7. The number of aryl methyl sites for hydroxylation is 6. The maximum absolute atomic E-state index is 13.6. The molecule has 4 atom stereocenters. The molecule has 8 heterocycles. The highest BCUT2D eigenvalue weighted by Gasteiger charge is 2.27. The van der Waals surface area contributed by atoms with Crippen molar-refractivity contribution in [1.29, 1.82) is 0 Å². The molecule has 0 unspecified atom stereocenters. The number of ether oxygens (including phenoxy) is 2. The van der Waals surface area contributed by atoms with Crippen LogP contribution in [-0.2, 0) is 68.1 Å². The summed E-state index contributed by atoms with van der Waals surface area (Å²) in [5, 5.41) is 41.3. The second kappa shape index (κ2) is 39.3. The zero-order valence-corrected chi connectivity index (χ0v) is 67.2. The van der Waals surface area contributed by atoms with E-state index in [0.29, 0.717) is 117 Å². The van der Waals surface area contributed by atoms with Crippen molar-refractivity contribution in [2.45, 2.75) is 190 Å². The summed E-state index contributed by atoms with van der Waals surface area (Å²) in [5.74, 6) is -1.04. The van der Waals surface area contributed by atoms with Crippen molar-refractivity contribution in [1.82, 2.24) is 71.6 Å². The largest absolute Gasteiger partial charge is 0.381 e. The van der Waals surface area contributed by atoms with Crippen LogP contribution in [0.4, 0.5) is 11.4 Å². The summed E-state index contributed by atoms with van der Waals surface area (Å²) in [5.41, 5.74) is 19.2. The number of rotatable bonds is 25. The first-order valence-electron chi connectivity index (χ1n) is 40.4. The van der Waals surface area contributed by atoms with Crippen LogP contribution in [0.2, 0.25) is 0 Å². The van der Waals surface area contributed by atoms with Gasteiger partial charge in [0.15, 0.2) is 11.3 Å². The van der Waals surface area contributed by atoms with Crippen LogP contribution in [0, 0.1) is 13.8 Å². The third-order valence-corrected chi connectivity index (χ3v) is 21.7. The van der Waals surface area contributed by atoms with Gasteiger partial charge in [0.1, 0.15) is 6.29 Å². The number of carbonyl (C=O) groups excluding carboxylic acids is 5. The molecule has 113 heavy (non-hydrogen) atoms. The van der Waals surface area contributed by atoms with E-state index in [4.69, 9.17) is 19.4 Å². The lowest BCUT2D eigenvalue weighted by molar-refractivity contribution is 0.0903. The minimum absolute atomic E-state index is 0.232. The minimum Gasteiger partial charge on any atom is -0.381 e. The number of pyridine rings is 2. The number of aromatic nitrogens is 6. The normalized spacial score (nSPS) is 17.4. The van der Waals surface area contributed by atoms with Gasteiger partial charge in [-0.15, -0.1) is 0 Å². The van der Waals surface area contributed by atoms with E-state index in [2.05, 4.69) is 161 Å². The molecule has 0 bridgehead atoms. The van der Waals surface area contributed by atoms with Crippen molar-refractivity contribution in [3.8, 4) is 22.3 Å². The van der Waals surface area contributed by atoms with E-state index in [0.717, 1.165) is 165 Å². The lowest BCUT2D eigenvalue weighted by atomic mass is 9.98. The Morgan fingerprint density at radius 1 is 0.487 bits per heavy atom. The Morgan fingerprint density at radius 3 is 1.31 bits per heavy atom. The van der Waals surface area contributed by atoms with Gasteiger partial charge >= 0.3 is 0 Å². The highest BCUT2D eigenvalue weighted by atomic mass is 16.5. The first kappa shape index (κ1) is 81.9. The number of fused-ring (bicyclic) bond motifs is 2. The Labute approximate surface area is 664 Å². The lowest BCUT2D eigenvalue weighted by Gasteiger charge is -2.36. The highest BCUT2D eigenvalue weighted by Crippen LogP contribution is 2.34. The van der Waals surface area contributed by atoms with Crippen molar-refractivity contribution in [2.75, 3.05) is 63.2 Å². The molecule has 4 saturated heterocycles. The fourth-order valence-corrected chi connectivity index (χ4v) is 15.6. The highest BCUT2D eigenvalue weighted by molar-refractivity contribution is 6.01. The predicted octanol–water partition coefficient (Wildman–Crippen LogP) is 12.8. The Bertz CT molecular complexity index is 4950. The molecule has 4 amide bonds. The summed E-state index contributed by atoms with van der Waals surface area (Å²) in [7, 11) is 0. The molecule has 0 aliphatic carbocycles. The van der Waals surface area contributed by atoms with Gasteiger partial charge in [0.25, 0.3) is 23.6 Å². The number of nitrogens with zero attached hydrogens (tertiary/aromatic N) is 7. The summed E-state index contributed by atoms with van der Waals surface area (Å²) in [6.45, 7) is 31.9. The fraction of sp³-hybridized carbons (Fsp3) is 0.411. The molecule has 10 aromatic rings. The summed E-state index contributed by atoms with van der Waals surface area (Å²) in [4.78, 5) is 77.7. The second-order valence-corrected chi connectivity index (χ2v) is 30.4. The molecule has 14 rings (SSSR count). The van der Waals surface area contributed by atoms with Crippen molar-refractivity contribution >= 4 is 63.4 Å². The molecule has 23 nitrogen and oxygen atoms in total. The van der Waals surface area contributed by atoms with Crippen LogP contribution in [0.25, 0.3) is 44.3 Å². The van der Waals surface area contributed by atoms with E-state index in [1.807, 2.05) is 72.0 Å². The minimum atomic E-state index is -0.279. The van der Waals surface area contributed by atoms with Gasteiger partial charge in [-0.25, -0.2) is 19.3 Å². The number of amides is 4. The van der Waals surface area contributed by atoms with E-state index >= 15 is 0 Å². The second-order valence-electron chi connectivity index (χ2n) is 30.4. The SMILES string of the molecule is CCc1nc2c(cnn2CC)c(NC2CCOCC2)c1CNC(=O)c1cccc(C(=O)NCc2cc(-c3cccc(C=O)c3)ccc2C)c1.CCc1nc2c(cnn2CC)c(NC2CCOCC2)c1CNC(=O)c1cccc(C(=O)NCc2cc(-c3cccc(CN4C[C@@H](C)N[C@@H](C)C4)c3)ccc2C)c1.C[C@@H]1CNC[C@H](C)N1. The number of hydrogen-bond acceptors (Lipinski definition) is 17. The molecule has 4 aliphatic heterocycles. The first-order chi connectivity index (χ1) is 54.8. The summed E-state index contributed by atoms with van der Waals surface area (Å²) < 4.78 is 15.0. The van der Waals surface area contributed by atoms with E-state index in [1.54, 1.807) is 54.6 Å². The van der Waals surface area contributed by atoms with E-state index < -0.39 is 0 Å². The topological polar surface area (TPSA) is 277 Å². The first-order valence-corrected chi connectivity index (χ1v) is 40.4. The molecule has 4 aliphatic rings. The number of benzene rings is 6. The van der Waals surface area contributed by atoms with Crippen LogP contribution in [0.1, 0.15) is 183 Å². The number of aldehydes is 1. The smallest absolute Gasteiger partial charge is 0.251 e. The van der Waals surface area contributed by atoms with Crippen molar-refractivity contribution in [3.63, 3.8) is 0 Å². The number of nitrogens with one attached hydrogen (secondary N) is 9. The number of hydrogen-bond donors (Lipinski definition) is 9. The monoisotopic (exact) mass is 1530 g/mol. The standard InChI is InChI=1S/C45H56N8O3.C39H42N6O4.C6H14N2/c1-6-41-39(42(50-38-16-18-56-19-17-38)40-25-48-53(7-2)43(40)51-41)24-47-45(55)36-13-9-12-35(22-36)44(54)46-23-37-21-34(15-14-29(37)3)33-11-8-10-32(20-33)28-52-26-30(4)49-31(5)27-52;1-4-35-33(36(43-32-14-16-49-17-15-32)34-23-42-45(5-2)37(34)44-35)22-41-39(48)30-11-7-10-29(20-30)38(47)40-21-31-19-28(13-12-25(31)3)27-9-6-8-26(18-27)24-46;1-5-3-7-4-6(2)8-5/h8-15,20-22,25,30-31,38,49H,6-7,16-19,23-24,26-28H2,1-5H3,(H,46,54)(H,47,55)(H,50,51);6-13,18-20,23-24,32H,4-5,14-17,21-22H2,1-3H3,(H,40,47)(H,41,48)(H,43,44);5-8H,3-4H2,1-2H3/t30-,31+;;5-,6+. The molecule has 9 N–H and O–H groups in total. The fourth-order valence-electron chi connectivity index (χ4n) is 15.6. The molecule has 23 heteroatoms. The Morgan fingerprint density at radius 2 is 0.894 bits per heavy atom. The molecular formula is C90H112N16O7. The Hall–Kier alpha value is -10.5. The average molecular weight is 1530 g/mol. The third kappa shape index (κ3) is 21.2. The maximum atomic E-state index is 13.6. The van der Waals surface area contributed by atoms with Gasteiger partial charge in [0, 0.05) is 185 Å². The van der Waals surface area contributed by atoms with Gasteiger partial charge in [-0.3, -0.25) is 28.9 Å². The van der Waals surface area contributed by atoms with Crippen molar-refractivity contribution in [2.24, 2.45) is 0 Å². The molecule has 594 valence electrons. The van der Waals surface area contributed by atoms with Crippen molar-refractivity contribution in [3.05, 3.63) is 224 Å². The van der Waals surface area contributed by atoms with Crippen LogP contribution >= 0.6 is 0 Å². The van der Waals surface area contributed by atoms with Crippen molar-refractivity contribution < 1.29 is 33.4 Å². The number of anilines is 2. The Kier molecular flexibility index (Phi) is 28.5. The van der Waals surface area contributed by atoms with Crippen LogP contribution in [0.15, 0.2) is 146 Å². The van der Waals surface area contributed by atoms with Gasteiger partial charge in [0.05, 0.1) is 34.5 Å². The Balaban J connectivity index is 0.000000191. The van der Waals surface area contributed by atoms with Crippen LogP contribution in [0.5, 0.6) is 0 Å². The average Bonchev–Trinajstić information content (AvgIpc) is 1.66.